The Hall–Kier alpha value is -2.18. The molecular formula is C22H23BrN4S. The molecule has 0 amide bonds. The van der Waals surface area contributed by atoms with Gasteiger partial charge in [-0.25, -0.2) is 0 Å². The molecule has 1 aromatic carbocycles. The highest BCUT2D eigenvalue weighted by molar-refractivity contribution is 9.10. The fourth-order valence-corrected chi connectivity index (χ4v) is 4.50. The molecule has 1 N–H and O–H groups in total. The van der Waals surface area contributed by atoms with Crippen LogP contribution in [0.1, 0.15) is 40.3 Å². The number of aryl methyl sites for hydroxylation is 2. The summed E-state index contributed by atoms with van der Waals surface area (Å²) < 4.78 is 3.33. The summed E-state index contributed by atoms with van der Waals surface area (Å²) in [6.45, 7) is 6.41. The van der Waals surface area contributed by atoms with E-state index in [1.165, 1.54) is 22.5 Å². The molecular weight excluding hydrogens is 432 g/mol. The minimum atomic E-state index is -0.0156. The molecule has 3 heterocycles. The average Bonchev–Trinajstić information content (AvgIpc) is 3.16. The second-order valence-electron chi connectivity index (χ2n) is 7.32. The molecule has 1 aliphatic heterocycles. The molecule has 2 atom stereocenters. The Kier molecular flexibility index (Phi) is 5.02. The van der Waals surface area contributed by atoms with E-state index < -0.39 is 0 Å². The summed E-state index contributed by atoms with van der Waals surface area (Å²) >= 11 is 9.41. The molecule has 0 radical (unpaired) electrons. The normalized spacial score (nSPS) is 19.2. The van der Waals surface area contributed by atoms with E-state index in [0.29, 0.717) is 0 Å². The predicted octanol–water partition coefficient (Wildman–Crippen LogP) is 5.28. The Morgan fingerprint density at radius 3 is 2.50 bits per heavy atom. The van der Waals surface area contributed by atoms with Gasteiger partial charge in [-0.1, -0.05) is 22.0 Å². The van der Waals surface area contributed by atoms with Crippen LogP contribution < -0.4 is 10.2 Å². The van der Waals surface area contributed by atoms with Crippen molar-refractivity contribution >= 4 is 38.9 Å². The topological polar surface area (TPSA) is 33.1 Å². The first kappa shape index (κ1) is 19.2. The van der Waals surface area contributed by atoms with Crippen LogP contribution >= 0.6 is 28.1 Å². The zero-order valence-electron chi connectivity index (χ0n) is 16.4. The Morgan fingerprint density at radius 1 is 1.11 bits per heavy atom. The average molecular weight is 455 g/mol. The van der Waals surface area contributed by atoms with Crippen LogP contribution in [0, 0.1) is 20.8 Å². The highest BCUT2D eigenvalue weighted by Crippen LogP contribution is 2.43. The third-order valence-electron chi connectivity index (χ3n) is 5.65. The fourth-order valence-electron chi connectivity index (χ4n) is 3.91. The number of hydrogen-bond donors (Lipinski definition) is 1. The fraction of sp³-hybridized carbons (Fsp3) is 0.273. The molecule has 0 bridgehead atoms. The van der Waals surface area contributed by atoms with Gasteiger partial charge in [0.15, 0.2) is 5.11 Å². The van der Waals surface area contributed by atoms with E-state index in [0.717, 1.165) is 21.0 Å². The Morgan fingerprint density at radius 2 is 1.89 bits per heavy atom. The number of nitrogens with one attached hydrogen (secondary N) is 1. The van der Waals surface area contributed by atoms with Crippen LogP contribution in [0.15, 0.2) is 53.1 Å². The minimum Gasteiger partial charge on any atom is -0.352 e. The molecule has 0 unspecified atom stereocenters. The van der Waals surface area contributed by atoms with Crippen LogP contribution in [0.3, 0.4) is 0 Å². The third-order valence-corrected chi connectivity index (χ3v) is 6.86. The van der Waals surface area contributed by atoms with E-state index in [1.807, 2.05) is 18.3 Å². The third kappa shape index (κ3) is 3.14. The second kappa shape index (κ2) is 7.33. The van der Waals surface area contributed by atoms with E-state index in [1.54, 1.807) is 0 Å². The molecule has 1 saturated heterocycles. The minimum absolute atomic E-state index is 0.0156. The largest absolute Gasteiger partial charge is 0.352 e. The predicted molar refractivity (Wildman–Crippen MR) is 122 cm³/mol. The number of rotatable bonds is 3. The number of pyridine rings is 1. The number of anilines is 1. The highest BCUT2D eigenvalue weighted by Gasteiger charge is 2.42. The first-order chi connectivity index (χ1) is 13.4. The summed E-state index contributed by atoms with van der Waals surface area (Å²) in [7, 11) is 2.11. The molecule has 0 saturated carbocycles. The van der Waals surface area contributed by atoms with Gasteiger partial charge in [0.1, 0.15) is 0 Å². The van der Waals surface area contributed by atoms with Crippen LogP contribution in [0.2, 0.25) is 0 Å². The van der Waals surface area contributed by atoms with E-state index in [4.69, 9.17) is 12.2 Å². The molecule has 28 heavy (non-hydrogen) atoms. The SMILES string of the molecule is Cc1cc(N2C(=S)N[C@H](c3ccccn3)[C@@H]2c2cc(C)n(C)c2C)ccc1Br. The summed E-state index contributed by atoms with van der Waals surface area (Å²) in [5.41, 5.74) is 7.00. The van der Waals surface area contributed by atoms with Crippen LogP contribution in [-0.4, -0.2) is 14.7 Å². The van der Waals surface area contributed by atoms with Crippen molar-refractivity contribution in [2.45, 2.75) is 32.9 Å². The van der Waals surface area contributed by atoms with Crippen molar-refractivity contribution in [3.8, 4) is 0 Å². The lowest BCUT2D eigenvalue weighted by Crippen LogP contribution is -2.29. The molecule has 1 aliphatic rings. The van der Waals surface area contributed by atoms with Crippen molar-refractivity contribution in [3.63, 3.8) is 0 Å². The second-order valence-corrected chi connectivity index (χ2v) is 8.56. The monoisotopic (exact) mass is 454 g/mol. The summed E-state index contributed by atoms with van der Waals surface area (Å²) in [4.78, 5) is 6.86. The quantitative estimate of drug-likeness (QED) is 0.545. The Labute approximate surface area is 179 Å². The van der Waals surface area contributed by atoms with Gasteiger partial charge >= 0.3 is 0 Å². The Bertz CT molecular complexity index is 1040. The number of hydrogen-bond acceptors (Lipinski definition) is 2. The van der Waals surface area contributed by atoms with Gasteiger partial charge in [-0.2, -0.15) is 0 Å². The highest BCUT2D eigenvalue weighted by atomic mass is 79.9. The smallest absolute Gasteiger partial charge is 0.174 e. The summed E-state index contributed by atoms with van der Waals surface area (Å²) in [5.74, 6) is 0. The van der Waals surface area contributed by atoms with Gasteiger partial charge in [-0.15, -0.1) is 0 Å². The van der Waals surface area contributed by atoms with Crippen LogP contribution in [0.4, 0.5) is 5.69 Å². The maximum absolute atomic E-state index is 5.80. The molecule has 6 heteroatoms. The van der Waals surface area contributed by atoms with Crippen molar-refractivity contribution in [2.75, 3.05) is 4.90 Å². The van der Waals surface area contributed by atoms with Crippen LogP contribution in [-0.2, 0) is 7.05 Å². The van der Waals surface area contributed by atoms with Crippen molar-refractivity contribution in [2.24, 2.45) is 7.05 Å². The number of aromatic nitrogens is 2. The van der Waals surface area contributed by atoms with Gasteiger partial charge in [0.2, 0.25) is 0 Å². The molecule has 4 nitrogen and oxygen atoms in total. The number of halogens is 1. The van der Waals surface area contributed by atoms with Gasteiger partial charge in [0.05, 0.1) is 17.8 Å². The van der Waals surface area contributed by atoms with Gasteiger partial charge < -0.3 is 14.8 Å². The van der Waals surface area contributed by atoms with E-state index in [-0.39, 0.29) is 12.1 Å². The first-order valence-corrected chi connectivity index (χ1v) is 10.5. The molecule has 1 fully saturated rings. The zero-order valence-corrected chi connectivity index (χ0v) is 18.8. The summed E-state index contributed by atoms with van der Waals surface area (Å²) in [5, 5.41) is 4.26. The first-order valence-electron chi connectivity index (χ1n) is 9.28. The van der Waals surface area contributed by atoms with Crippen molar-refractivity contribution in [1.82, 2.24) is 14.9 Å². The molecule has 3 aromatic rings. The summed E-state index contributed by atoms with van der Waals surface area (Å²) in [6, 6.07) is 14.7. The molecule has 0 spiro atoms. The van der Waals surface area contributed by atoms with Gasteiger partial charge in [-0.05, 0) is 80.5 Å². The zero-order chi connectivity index (χ0) is 20.0. The molecule has 2 aromatic heterocycles. The maximum atomic E-state index is 5.80. The van der Waals surface area contributed by atoms with Crippen molar-refractivity contribution in [3.05, 3.63) is 81.3 Å². The standard InChI is InChI=1S/C22H23BrN4S/c1-13-11-16(8-9-18(13)23)27-21(17-12-14(2)26(4)15(17)3)20(25-22(27)28)19-7-5-6-10-24-19/h5-12,20-21H,1-4H3,(H,25,28)/t20-,21+/m1/s1. The molecule has 144 valence electrons. The van der Waals surface area contributed by atoms with E-state index >= 15 is 0 Å². The number of benzene rings is 1. The van der Waals surface area contributed by atoms with Gasteiger partial charge in [0.25, 0.3) is 0 Å². The van der Waals surface area contributed by atoms with Gasteiger partial charge in [-0.3, -0.25) is 4.98 Å². The molecule has 4 rings (SSSR count). The van der Waals surface area contributed by atoms with Crippen molar-refractivity contribution < 1.29 is 0 Å². The van der Waals surface area contributed by atoms with Crippen LogP contribution in [0.5, 0.6) is 0 Å². The summed E-state index contributed by atoms with van der Waals surface area (Å²) in [6.07, 6.45) is 1.84. The number of thiocarbonyl (C=S) groups is 1. The van der Waals surface area contributed by atoms with Crippen molar-refractivity contribution in [1.29, 1.82) is 0 Å². The lowest BCUT2D eigenvalue weighted by atomic mass is 9.96. The maximum Gasteiger partial charge on any atom is 0.174 e. The molecule has 0 aliphatic carbocycles. The van der Waals surface area contributed by atoms with E-state index in [9.17, 15) is 0 Å². The van der Waals surface area contributed by atoms with Crippen LogP contribution in [0.25, 0.3) is 0 Å². The lowest BCUT2D eigenvalue weighted by Gasteiger charge is -2.28. The number of nitrogens with zero attached hydrogens (tertiary/aromatic N) is 3. The lowest BCUT2D eigenvalue weighted by molar-refractivity contribution is 0.564. The Balaban J connectivity index is 1.89. The van der Waals surface area contributed by atoms with E-state index in [2.05, 4.69) is 93.8 Å². The van der Waals surface area contributed by atoms with Gasteiger partial charge in [0, 0.05) is 34.8 Å².